The van der Waals surface area contributed by atoms with Crippen molar-refractivity contribution in [3.05, 3.63) is 0 Å². The number of nitrogens with zero attached hydrogens (tertiary/aromatic N) is 1. The highest BCUT2D eigenvalue weighted by atomic mass is 16.2. The van der Waals surface area contributed by atoms with Crippen LogP contribution in [0.1, 0.15) is 32.6 Å². The van der Waals surface area contributed by atoms with Gasteiger partial charge in [-0.3, -0.25) is 9.59 Å². The SMILES string of the molecule is CC(CCN)CCC(=O)N1CCCNC(=O)C1. The topological polar surface area (TPSA) is 75.4 Å². The quantitative estimate of drug-likeness (QED) is 0.717. The second-order valence-corrected chi connectivity index (χ2v) is 4.74. The van der Waals surface area contributed by atoms with Crippen molar-refractivity contribution in [2.75, 3.05) is 26.2 Å². The summed E-state index contributed by atoms with van der Waals surface area (Å²) in [5.41, 5.74) is 5.47. The number of carbonyl (C=O) groups excluding carboxylic acids is 2. The second-order valence-electron chi connectivity index (χ2n) is 4.74. The molecule has 98 valence electrons. The molecule has 0 radical (unpaired) electrons. The molecule has 1 atom stereocenters. The van der Waals surface area contributed by atoms with Gasteiger partial charge in [0.1, 0.15) is 0 Å². The van der Waals surface area contributed by atoms with Gasteiger partial charge in [0, 0.05) is 19.5 Å². The first-order valence-corrected chi connectivity index (χ1v) is 6.38. The van der Waals surface area contributed by atoms with E-state index in [1.165, 1.54) is 0 Å². The molecule has 1 aliphatic rings. The Balaban J connectivity index is 2.32. The molecule has 1 saturated heterocycles. The fourth-order valence-corrected chi connectivity index (χ4v) is 1.98. The van der Waals surface area contributed by atoms with Crippen molar-refractivity contribution in [1.82, 2.24) is 10.2 Å². The van der Waals surface area contributed by atoms with Crippen molar-refractivity contribution in [2.24, 2.45) is 11.7 Å². The van der Waals surface area contributed by atoms with Gasteiger partial charge in [-0.15, -0.1) is 0 Å². The third-order valence-corrected chi connectivity index (χ3v) is 3.12. The van der Waals surface area contributed by atoms with Crippen LogP contribution >= 0.6 is 0 Å². The number of nitrogens with one attached hydrogen (secondary N) is 1. The zero-order chi connectivity index (χ0) is 12.7. The highest BCUT2D eigenvalue weighted by molar-refractivity contribution is 5.85. The minimum Gasteiger partial charge on any atom is -0.354 e. The van der Waals surface area contributed by atoms with Gasteiger partial charge >= 0.3 is 0 Å². The summed E-state index contributed by atoms with van der Waals surface area (Å²) in [4.78, 5) is 24.9. The predicted molar refractivity (Wildman–Crippen MR) is 66.3 cm³/mol. The monoisotopic (exact) mass is 241 g/mol. The molecule has 0 spiro atoms. The molecule has 5 nitrogen and oxygen atoms in total. The maximum Gasteiger partial charge on any atom is 0.239 e. The van der Waals surface area contributed by atoms with Crippen LogP contribution in [0.15, 0.2) is 0 Å². The van der Waals surface area contributed by atoms with Crippen LogP contribution in [0, 0.1) is 5.92 Å². The largest absolute Gasteiger partial charge is 0.354 e. The molecule has 1 aliphatic heterocycles. The van der Waals surface area contributed by atoms with Crippen molar-refractivity contribution in [1.29, 1.82) is 0 Å². The van der Waals surface area contributed by atoms with E-state index >= 15 is 0 Å². The minimum atomic E-state index is -0.0501. The molecule has 0 saturated carbocycles. The Bertz CT molecular complexity index is 268. The van der Waals surface area contributed by atoms with Crippen molar-refractivity contribution in [3.8, 4) is 0 Å². The third kappa shape index (κ3) is 5.17. The van der Waals surface area contributed by atoms with Crippen LogP contribution in [-0.4, -0.2) is 42.9 Å². The Morgan fingerprint density at radius 3 is 3.00 bits per heavy atom. The fourth-order valence-electron chi connectivity index (χ4n) is 1.98. The molecular formula is C12H23N3O2. The van der Waals surface area contributed by atoms with Gasteiger partial charge in [-0.2, -0.15) is 0 Å². The van der Waals surface area contributed by atoms with E-state index in [9.17, 15) is 9.59 Å². The van der Waals surface area contributed by atoms with Gasteiger partial charge in [0.05, 0.1) is 6.54 Å². The predicted octanol–water partition coefficient (Wildman–Crippen LogP) is 0.100. The van der Waals surface area contributed by atoms with Gasteiger partial charge in [0.15, 0.2) is 0 Å². The van der Waals surface area contributed by atoms with Crippen LogP contribution < -0.4 is 11.1 Å². The van der Waals surface area contributed by atoms with Crippen LogP contribution in [-0.2, 0) is 9.59 Å². The molecule has 0 aromatic heterocycles. The van der Waals surface area contributed by atoms with Gasteiger partial charge in [0.2, 0.25) is 11.8 Å². The number of nitrogens with two attached hydrogens (primary N) is 1. The van der Waals surface area contributed by atoms with E-state index in [0.717, 1.165) is 19.3 Å². The molecule has 1 fully saturated rings. The third-order valence-electron chi connectivity index (χ3n) is 3.12. The first-order valence-electron chi connectivity index (χ1n) is 6.38. The lowest BCUT2D eigenvalue weighted by Gasteiger charge is -2.20. The molecule has 1 rings (SSSR count). The standard InChI is InChI=1S/C12H23N3O2/c1-10(5-6-13)3-4-12(17)15-8-2-7-14-11(16)9-15/h10H,2-9,13H2,1H3,(H,14,16). The normalized spacial score (nSPS) is 18.5. The lowest BCUT2D eigenvalue weighted by atomic mass is 10.0. The number of carbonyl (C=O) groups is 2. The van der Waals surface area contributed by atoms with E-state index in [-0.39, 0.29) is 18.4 Å². The summed E-state index contributed by atoms with van der Waals surface area (Å²) >= 11 is 0. The van der Waals surface area contributed by atoms with Crippen LogP contribution in [0.3, 0.4) is 0 Å². The van der Waals surface area contributed by atoms with E-state index < -0.39 is 0 Å². The molecular weight excluding hydrogens is 218 g/mol. The van der Waals surface area contributed by atoms with E-state index in [4.69, 9.17) is 5.73 Å². The van der Waals surface area contributed by atoms with E-state index in [1.54, 1.807) is 4.90 Å². The lowest BCUT2D eigenvalue weighted by Crippen LogP contribution is -2.37. The van der Waals surface area contributed by atoms with Crippen molar-refractivity contribution in [2.45, 2.75) is 32.6 Å². The molecule has 17 heavy (non-hydrogen) atoms. The molecule has 0 aromatic rings. The van der Waals surface area contributed by atoms with E-state index in [2.05, 4.69) is 12.2 Å². The molecule has 2 amide bonds. The second kappa shape index (κ2) is 7.27. The molecule has 0 aromatic carbocycles. The zero-order valence-electron chi connectivity index (χ0n) is 10.6. The fraction of sp³-hybridized carbons (Fsp3) is 0.833. The van der Waals surface area contributed by atoms with Gasteiger partial charge in [-0.1, -0.05) is 6.92 Å². The van der Waals surface area contributed by atoms with E-state index in [0.29, 0.717) is 32.0 Å². The average Bonchev–Trinajstić information content (AvgIpc) is 2.51. The summed E-state index contributed by atoms with van der Waals surface area (Å²) in [6.45, 7) is 4.34. The van der Waals surface area contributed by atoms with Crippen LogP contribution in [0.5, 0.6) is 0 Å². The molecule has 5 heteroatoms. The number of hydrogen-bond donors (Lipinski definition) is 2. The lowest BCUT2D eigenvalue weighted by molar-refractivity contribution is -0.135. The van der Waals surface area contributed by atoms with Gasteiger partial charge in [0.25, 0.3) is 0 Å². The van der Waals surface area contributed by atoms with E-state index in [1.807, 2.05) is 0 Å². The summed E-state index contributed by atoms with van der Waals surface area (Å²) in [7, 11) is 0. The maximum atomic E-state index is 11.9. The minimum absolute atomic E-state index is 0.0501. The van der Waals surface area contributed by atoms with Crippen molar-refractivity contribution >= 4 is 11.8 Å². The summed E-state index contributed by atoms with van der Waals surface area (Å²) in [6.07, 6.45) is 3.17. The summed E-state index contributed by atoms with van der Waals surface area (Å²) < 4.78 is 0. The summed E-state index contributed by atoms with van der Waals surface area (Å²) in [5.74, 6) is 0.515. The zero-order valence-corrected chi connectivity index (χ0v) is 10.6. The summed E-state index contributed by atoms with van der Waals surface area (Å²) in [5, 5.41) is 2.77. The Morgan fingerprint density at radius 1 is 1.53 bits per heavy atom. The van der Waals surface area contributed by atoms with Gasteiger partial charge < -0.3 is 16.0 Å². The smallest absolute Gasteiger partial charge is 0.239 e. The number of rotatable bonds is 5. The van der Waals surface area contributed by atoms with Crippen LogP contribution in [0.2, 0.25) is 0 Å². The van der Waals surface area contributed by atoms with Crippen LogP contribution in [0.25, 0.3) is 0 Å². The van der Waals surface area contributed by atoms with Crippen molar-refractivity contribution < 1.29 is 9.59 Å². The van der Waals surface area contributed by atoms with Crippen molar-refractivity contribution in [3.63, 3.8) is 0 Å². The highest BCUT2D eigenvalue weighted by Crippen LogP contribution is 2.11. The van der Waals surface area contributed by atoms with Gasteiger partial charge in [-0.05, 0) is 31.7 Å². The first kappa shape index (κ1) is 14.0. The maximum absolute atomic E-state index is 11.9. The Labute approximate surface area is 103 Å². The molecule has 1 heterocycles. The molecule has 1 unspecified atom stereocenters. The Kier molecular flexibility index (Phi) is 5.97. The Morgan fingerprint density at radius 2 is 2.29 bits per heavy atom. The average molecular weight is 241 g/mol. The summed E-state index contributed by atoms with van der Waals surface area (Å²) in [6, 6.07) is 0. The molecule has 0 bridgehead atoms. The molecule has 3 N–H and O–H groups in total. The highest BCUT2D eigenvalue weighted by Gasteiger charge is 2.19. The van der Waals surface area contributed by atoms with Crippen LogP contribution in [0.4, 0.5) is 0 Å². The number of amides is 2. The number of hydrogen-bond acceptors (Lipinski definition) is 3. The Hall–Kier alpha value is -1.10. The van der Waals surface area contributed by atoms with Gasteiger partial charge in [-0.25, -0.2) is 0 Å². The molecule has 0 aliphatic carbocycles. The first-order chi connectivity index (χ1) is 8.13.